The Bertz CT molecular complexity index is 1390. The van der Waals surface area contributed by atoms with Crippen LogP contribution in [0.25, 0.3) is 11.2 Å². The molecule has 0 radical (unpaired) electrons. The van der Waals surface area contributed by atoms with Crippen LogP contribution in [0.5, 0.6) is 0 Å². The number of hydrogen-bond acceptors (Lipinski definition) is 10. The van der Waals surface area contributed by atoms with Gasteiger partial charge in [-0.1, -0.05) is 6.07 Å². The molecule has 4 aromatic rings. The van der Waals surface area contributed by atoms with Crippen molar-refractivity contribution in [2.45, 2.75) is 25.4 Å². The number of carboxylic acids is 2. The van der Waals surface area contributed by atoms with E-state index >= 15 is 0 Å². The average Bonchev–Trinajstić information content (AvgIpc) is 3.31. The molecule has 0 unspecified atom stereocenters. The smallest absolute Gasteiger partial charge is 0.328 e. The number of rotatable bonds is 10. The third kappa shape index (κ3) is 8.56. The van der Waals surface area contributed by atoms with Crippen molar-refractivity contribution in [3.05, 3.63) is 79.0 Å². The molecule has 1 aliphatic heterocycles. The van der Waals surface area contributed by atoms with Crippen LogP contribution in [0.3, 0.4) is 0 Å². The van der Waals surface area contributed by atoms with Crippen molar-refractivity contribution in [3.63, 3.8) is 0 Å². The second kappa shape index (κ2) is 14.3. The predicted octanol–water partition coefficient (Wildman–Crippen LogP) is 2.36. The number of likely N-dealkylation sites (tertiary alicyclic amines) is 1. The normalized spacial score (nSPS) is 14.0. The van der Waals surface area contributed by atoms with E-state index in [1.165, 1.54) is 0 Å². The third-order valence-electron chi connectivity index (χ3n) is 6.12. The van der Waals surface area contributed by atoms with Gasteiger partial charge in [0.05, 0.1) is 12.2 Å². The Balaban J connectivity index is 0.000000406. The van der Waals surface area contributed by atoms with E-state index in [-0.39, 0.29) is 0 Å². The van der Waals surface area contributed by atoms with Crippen LogP contribution in [-0.2, 0) is 16.1 Å². The molecule has 13 heteroatoms. The van der Waals surface area contributed by atoms with E-state index in [2.05, 4.69) is 40.0 Å². The molecule has 0 bridgehead atoms. The molecule has 4 aromatic heterocycles. The molecule has 1 aliphatic rings. The highest BCUT2D eigenvalue weighted by Crippen LogP contribution is 2.22. The molecule has 0 saturated carbocycles. The van der Waals surface area contributed by atoms with Crippen LogP contribution in [0.1, 0.15) is 18.5 Å². The van der Waals surface area contributed by atoms with Gasteiger partial charge in [0.1, 0.15) is 5.52 Å². The first kappa shape index (κ1) is 28.1. The molecule has 40 heavy (non-hydrogen) atoms. The highest BCUT2D eigenvalue weighted by Gasteiger charge is 2.21. The summed E-state index contributed by atoms with van der Waals surface area (Å²) in [5.74, 6) is -0.963. The van der Waals surface area contributed by atoms with Crippen LogP contribution in [0.4, 0.5) is 11.9 Å². The fraction of sp³-hybridized carbons (Fsp3) is 0.296. The lowest BCUT2D eigenvalue weighted by Crippen LogP contribution is -2.41. The standard InChI is InChI=1S/C23H27N9.C4H4O4/c1-2-9-24-19(5-1)17-32-21-20(6-3-10-25-21)30-23(32)29-18-7-14-31(15-8-18)16-13-28-22-26-11-4-12-27-22;5-3(6)1-2-4(7)8/h1-6,9-12,18H,7-8,13-17H2,(H,29,30)(H,26,27,28);1-2H,(H,5,6)(H,7,8)/b;2-1+. The Morgan fingerprint density at radius 2 is 1.60 bits per heavy atom. The first-order chi connectivity index (χ1) is 19.5. The predicted molar refractivity (Wildman–Crippen MR) is 149 cm³/mol. The van der Waals surface area contributed by atoms with Gasteiger partial charge in [0.25, 0.3) is 0 Å². The SMILES string of the molecule is O=C(O)/C=C/C(=O)O.c1ccc(Cn2c(NC3CCN(CCNc4ncccn4)CC3)nc3cccnc32)nc1. The van der Waals surface area contributed by atoms with Gasteiger partial charge in [0.2, 0.25) is 11.9 Å². The van der Waals surface area contributed by atoms with Gasteiger partial charge < -0.3 is 25.7 Å². The van der Waals surface area contributed by atoms with Crippen molar-refractivity contribution in [3.8, 4) is 0 Å². The monoisotopic (exact) mass is 545 g/mol. The number of aromatic nitrogens is 6. The molecule has 0 atom stereocenters. The fourth-order valence-electron chi connectivity index (χ4n) is 4.21. The zero-order valence-electron chi connectivity index (χ0n) is 21.8. The quantitative estimate of drug-likeness (QED) is 0.215. The molecule has 0 amide bonds. The molecule has 0 spiro atoms. The first-order valence-corrected chi connectivity index (χ1v) is 12.8. The Morgan fingerprint density at radius 3 is 2.27 bits per heavy atom. The molecule has 5 heterocycles. The van der Waals surface area contributed by atoms with Gasteiger partial charge in [-0.25, -0.2) is 29.5 Å². The Labute approximate surface area is 230 Å². The molecule has 0 aromatic carbocycles. The first-order valence-electron chi connectivity index (χ1n) is 12.8. The van der Waals surface area contributed by atoms with Crippen molar-refractivity contribution in [1.82, 2.24) is 34.4 Å². The molecular formula is C27H31N9O4. The number of piperidine rings is 1. The molecule has 4 N–H and O–H groups in total. The minimum absolute atomic E-state index is 0.385. The number of fused-ring (bicyclic) bond motifs is 1. The summed E-state index contributed by atoms with van der Waals surface area (Å²) in [5, 5.41) is 22.6. The summed E-state index contributed by atoms with van der Waals surface area (Å²) >= 11 is 0. The van der Waals surface area contributed by atoms with Gasteiger partial charge in [-0.15, -0.1) is 0 Å². The van der Waals surface area contributed by atoms with Gasteiger partial charge in [0.15, 0.2) is 5.65 Å². The number of aliphatic carboxylic acids is 2. The highest BCUT2D eigenvalue weighted by atomic mass is 16.4. The summed E-state index contributed by atoms with van der Waals surface area (Å²) in [4.78, 5) is 43.9. The number of anilines is 2. The number of carbonyl (C=O) groups is 2. The van der Waals surface area contributed by atoms with E-state index in [1.807, 2.05) is 48.8 Å². The average molecular weight is 546 g/mol. The lowest BCUT2D eigenvalue weighted by atomic mass is 10.1. The molecule has 0 aliphatic carbocycles. The minimum atomic E-state index is -1.26. The summed E-state index contributed by atoms with van der Waals surface area (Å²) in [6.07, 6.45) is 10.4. The molecule has 1 fully saturated rings. The summed E-state index contributed by atoms with van der Waals surface area (Å²) in [6, 6.07) is 12.1. The second-order valence-electron chi connectivity index (χ2n) is 8.96. The van der Waals surface area contributed by atoms with Gasteiger partial charge >= 0.3 is 11.9 Å². The Kier molecular flexibility index (Phi) is 10.0. The number of nitrogens with one attached hydrogen (secondary N) is 2. The van der Waals surface area contributed by atoms with Crippen molar-refractivity contribution in [2.75, 3.05) is 36.8 Å². The van der Waals surface area contributed by atoms with Crippen molar-refractivity contribution >= 4 is 35.0 Å². The van der Waals surface area contributed by atoms with Gasteiger partial charge in [-0.05, 0) is 43.2 Å². The molecule has 13 nitrogen and oxygen atoms in total. The number of imidazole rings is 1. The van der Waals surface area contributed by atoms with Crippen LogP contribution < -0.4 is 10.6 Å². The number of pyridine rings is 2. The molecule has 5 rings (SSSR count). The van der Waals surface area contributed by atoms with Crippen LogP contribution in [0, 0.1) is 0 Å². The topological polar surface area (TPSA) is 171 Å². The van der Waals surface area contributed by atoms with E-state index in [9.17, 15) is 9.59 Å². The van der Waals surface area contributed by atoms with E-state index < -0.39 is 11.9 Å². The van der Waals surface area contributed by atoms with Crippen LogP contribution in [0.15, 0.2) is 73.3 Å². The molecule has 1 saturated heterocycles. The maximum Gasteiger partial charge on any atom is 0.328 e. The zero-order valence-corrected chi connectivity index (χ0v) is 21.8. The zero-order chi connectivity index (χ0) is 28.2. The number of carboxylic acid groups (broad SMARTS) is 2. The Hall–Kier alpha value is -4.91. The van der Waals surface area contributed by atoms with E-state index in [0.717, 1.165) is 61.8 Å². The maximum absolute atomic E-state index is 9.55. The minimum Gasteiger partial charge on any atom is -0.478 e. The highest BCUT2D eigenvalue weighted by molar-refractivity contribution is 5.89. The fourth-order valence-corrected chi connectivity index (χ4v) is 4.21. The van der Waals surface area contributed by atoms with E-state index in [4.69, 9.17) is 15.2 Å². The van der Waals surface area contributed by atoms with Crippen molar-refractivity contribution in [2.24, 2.45) is 0 Å². The second-order valence-corrected chi connectivity index (χ2v) is 8.96. The lowest BCUT2D eigenvalue weighted by molar-refractivity contribution is -0.134. The summed E-state index contributed by atoms with van der Waals surface area (Å²) < 4.78 is 2.13. The molecule has 208 valence electrons. The summed E-state index contributed by atoms with van der Waals surface area (Å²) in [6.45, 7) is 4.56. The van der Waals surface area contributed by atoms with Gasteiger partial charge in [-0.2, -0.15) is 0 Å². The summed E-state index contributed by atoms with van der Waals surface area (Å²) in [5.41, 5.74) is 2.77. The van der Waals surface area contributed by atoms with Crippen LogP contribution in [-0.4, -0.2) is 88.8 Å². The van der Waals surface area contributed by atoms with Gasteiger partial charge in [0, 0.05) is 69.2 Å². The van der Waals surface area contributed by atoms with Gasteiger partial charge in [-0.3, -0.25) is 9.55 Å². The maximum atomic E-state index is 9.55. The lowest BCUT2D eigenvalue weighted by Gasteiger charge is -2.32. The van der Waals surface area contributed by atoms with E-state index in [1.54, 1.807) is 12.4 Å². The number of hydrogen-bond donors (Lipinski definition) is 4. The molecular weight excluding hydrogens is 514 g/mol. The third-order valence-corrected chi connectivity index (χ3v) is 6.12. The van der Waals surface area contributed by atoms with Crippen LogP contribution in [0.2, 0.25) is 0 Å². The Morgan fingerprint density at radius 1 is 0.900 bits per heavy atom. The van der Waals surface area contributed by atoms with Crippen LogP contribution >= 0.6 is 0 Å². The van der Waals surface area contributed by atoms with E-state index in [0.29, 0.717) is 30.7 Å². The number of nitrogens with zero attached hydrogens (tertiary/aromatic N) is 7. The largest absolute Gasteiger partial charge is 0.478 e. The van der Waals surface area contributed by atoms with Crippen molar-refractivity contribution < 1.29 is 19.8 Å². The summed E-state index contributed by atoms with van der Waals surface area (Å²) in [7, 11) is 0. The van der Waals surface area contributed by atoms with Crippen molar-refractivity contribution in [1.29, 1.82) is 0 Å².